The van der Waals surface area contributed by atoms with E-state index in [0.29, 0.717) is 5.52 Å². The van der Waals surface area contributed by atoms with Crippen LogP contribution < -0.4 is 5.32 Å². The second-order valence-corrected chi connectivity index (χ2v) is 6.62. The minimum atomic E-state index is -4.60. The van der Waals surface area contributed by atoms with Crippen LogP contribution in [-0.4, -0.2) is 21.5 Å². The quantitative estimate of drug-likeness (QED) is 0.895. The van der Waals surface area contributed by atoms with Crippen molar-refractivity contribution < 1.29 is 18.0 Å². The summed E-state index contributed by atoms with van der Waals surface area (Å²) in [6.07, 6.45) is 2.80. The second-order valence-electron chi connectivity index (χ2n) is 6.62. The highest BCUT2D eigenvalue weighted by Crippen LogP contribution is 2.31. The summed E-state index contributed by atoms with van der Waals surface area (Å²) in [7, 11) is 0. The summed E-state index contributed by atoms with van der Waals surface area (Å²) in [5, 5.41) is 2.91. The number of hydrogen-bond acceptors (Lipinski definition) is 2. The van der Waals surface area contributed by atoms with Gasteiger partial charge >= 0.3 is 6.18 Å². The maximum absolute atomic E-state index is 13.3. The summed E-state index contributed by atoms with van der Waals surface area (Å²) >= 11 is 0. The number of amides is 1. The Balaban J connectivity index is 1.78. The van der Waals surface area contributed by atoms with Gasteiger partial charge < -0.3 is 9.88 Å². The molecule has 1 aliphatic carbocycles. The molecule has 0 atom stereocenters. The number of aromatic nitrogens is 2. The van der Waals surface area contributed by atoms with Gasteiger partial charge in [-0.1, -0.05) is 44.2 Å². The Morgan fingerprint density at radius 1 is 1.12 bits per heavy atom. The number of halogens is 3. The van der Waals surface area contributed by atoms with Gasteiger partial charge in [0.2, 0.25) is 11.7 Å². The molecule has 1 heterocycles. The summed E-state index contributed by atoms with van der Waals surface area (Å²) < 4.78 is 40.8. The molecule has 1 N–H and O–H groups in total. The maximum Gasteiger partial charge on any atom is 0.449 e. The van der Waals surface area contributed by atoms with Crippen molar-refractivity contribution in [3.8, 4) is 0 Å². The number of carbonyl (C=O) groups excluding carboxylic acids is 1. The Labute approximate surface area is 144 Å². The Morgan fingerprint density at radius 3 is 2.44 bits per heavy atom. The van der Waals surface area contributed by atoms with Crippen molar-refractivity contribution in [2.45, 2.75) is 63.7 Å². The van der Waals surface area contributed by atoms with Gasteiger partial charge in [-0.25, -0.2) is 4.98 Å². The minimum absolute atomic E-state index is 0.0527. The van der Waals surface area contributed by atoms with Crippen molar-refractivity contribution in [3.05, 3.63) is 30.1 Å². The lowest BCUT2D eigenvalue weighted by atomic mass is 9.97. The lowest BCUT2D eigenvalue weighted by molar-refractivity contribution is -0.147. The summed E-state index contributed by atoms with van der Waals surface area (Å²) in [6.45, 7) is -0.369. The van der Waals surface area contributed by atoms with Crippen molar-refractivity contribution in [3.63, 3.8) is 0 Å². The first-order valence-corrected chi connectivity index (χ1v) is 8.77. The number of para-hydroxylation sites is 2. The van der Waals surface area contributed by atoms with Crippen LogP contribution in [0.2, 0.25) is 0 Å². The van der Waals surface area contributed by atoms with Crippen molar-refractivity contribution >= 4 is 16.9 Å². The summed E-state index contributed by atoms with van der Waals surface area (Å²) in [6, 6.07) is 6.41. The highest BCUT2D eigenvalue weighted by atomic mass is 19.4. The van der Waals surface area contributed by atoms with Gasteiger partial charge in [0, 0.05) is 6.04 Å². The molecule has 25 heavy (non-hydrogen) atoms. The summed E-state index contributed by atoms with van der Waals surface area (Å²) in [5.41, 5.74) is 0.566. The third kappa shape index (κ3) is 4.32. The third-order valence-corrected chi connectivity index (χ3v) is 4.68. The zero-order valence-corrected chi connectivity index (χ0v) is 14.0. The van der Waals surface area contributed by atoms with E-state index in [2.05, 4.69) is 10.3 Å². The molecule has 4 nitrogen and oxygen atoms in total. The van der Waals surface area contributed by atoms with Crippen LogP contribution in [0.1, 0.15) is 50.8 Å². The summed E-state index contributed by atoms with van der Waals surface area (Å²) in [5.74, 6) is -1.42. The van der Waals surface area contributed by atoms with Crippen LogP contribution in [0, 0.1) is 0 Å². The monoisotopic (exact) mass is 353 g/mol. The zero-order valence-electron chi connectivity index (χ0n) is 14.0. The molecule has 1 saturated carbocycles. The van der Waals surface area contributed by atoms with E-state index in [-0.39, 0.29) is 24.0 Å². The van der Waals surface area contributed by atoms with Gasteiger partial charge in [-0.3, -0.25) is 4.79 Å². The van der Waals surface area contributed by atoms with E-state index >= 15 is 0 Å². The van der Waals surface area contributed by atoms with Gasteiger partial charge in [-0.05, 0) is 25.0 Å². The minimum Gasteiger partial charge on any atom is -0.352 e. The molecule has 3 rings (SSSR count). The maximum atomic E-state index is 13.3. The molecule has 1 amide bonds. The van der Waals surface area contributed by atoms with E-state index in [1.54, 1.807) is 18.2 Å². The number of rotatable bonds is 3. The first kappa shape index (κ1) is 17.8. The van der Waals surface area contributed by atoms with E-state index in [0.717, 1.165) is 43.1 Å². The molecule has 0 radical (unpaired) electrons. The molecular formula is C18H22F3N3O. The van der Waals surface area contributed by atoms with Crippen LogP contribution in [0.5, 0.6) is 0 Å². The number of nitrogens with zero attached hydrogens (tertiary/aromatic N) is 2. The van der Waals surface area contributed by atoms with Crippen LogP contribution in [-0.2, 0) is 17.5 Å². The molecule has 0 saturated heterocycles. The van der Waals surface area contributed by atoms with E-state index in [4.69, 9.17) is 0 Å². The molecule has 0 unspecified atom stereocenters. The smallest absolute Gasteiger partial charge is 0.352 e. The highest BCUT2D eigenvalue weighted by molar-refractivity contribution is 5.81. The molecule has 136 valence electrons. The molecule has 1 aliphatic rings. The second kappa shape index (κ2) is 7.45. The predicted octanol–water partition coefficient (Wildman–Crippen LogP) is 4.28. The number of imidazole rings is 1. The Hall–Kier alpha value is -2.05. The number of benzene rings is 1. The number of nitrogens with one attached hydrogen (secondary N) is 1. The topological polar surface area (TPSA) is 46.9 Å². The number of alkyl halides is 3. The van der Waals surface area contributed by atoms with E-state index in [9.17, 15) is 18.0 Å². The van der Waals surface area contributed by atoms with Crippen LogP contribution >= 0.6 is 0 Å². The highest BCUT2D eigenvalue weighted by Gasteiger charge is 2.38. The molecule has 7 heteroatoms. The normalized spacial score (nSPS) is 17.2. The van der Waals surface area contributed by atoms with Gasteiger partial charge in [-0.2, -0.15) is 13.2 Å². The Kier molecular flexibility index (Phi) is 5.30. The first-order valence-electron chi connectivity index (χ1n) is 8.77. The number of hydrogen-bond donors (Lipinski definition) is 1. The average molecular weight is 353 g/mol. The Bertz CT molecular complexity index is 731. The standard InChI is InChI=1S/C18H22F3N3O/c19-18(20,21)17-23-14-10-6-7-11-15(14)24(17)12-16(25)22-13-8-4-2-1-3-5-9-13/h6-7,10-11,13H,1-5,8-9,12H2,(H,22,25). The zero-order chi connectivity index (χ0) is 17.9. The fourth-order valence-electron chi connectivity index (χ4n) is 3.47. The number of carbonyl (C=O) groups is 1. The number of fused-ring (bicyclic) bond motifs is 1. The van der Waals surface area contributed by atoms with E-state index in [1.165, 1.54) is 12.5 Å². The van der Waals surface area contributed by atoms with Crippen LogP contribution in [0.4, 0.5) is 13.2 Å². The molecule has 1 aromatic carbocycles. The molecule has 0 spiro atoms. The first-order chi connectivity index (χ1) is 11.9. The Morgan fingerprint density at radius 2 is 1.76 bits per heavy atom. The van der Waals surface area contributed by atoms with Crippen LogP contribution in [0.3, 0.4) is 0 Å². The largest absolute Gasteiger partial charge is 0.449 e. The lowest BCUT2D eigenvalue weighted by Crippen LogP contribution is -2.38. The van der Waals surface area contributed by atoms with Crippen molar-refractivity contribution in [2.75, 3.05) is 0 Å². The molecule has 0 bridgehead atoms. The molecule has 0 aliphatic heterocycles. The van der Waals surface area contributed by atoms with E-state index in [1.807, 2.05) is 0 Å². The molecule has 1 fully saturated rings. The molecule has 1 aromatic heterocycles. The van der Waals surface area contributed by atoms with E-state index < -0.39 is 12.0 Å². The van der Waals surface area contributed by atoms with Crippen LogP contribution in [0.25, 0.3) is 11.0 Å². The van der Waals surface area contributed by atoms with Crippen molar-refractivity contribution in [1.82, 2.24) is 14.9 Å². The molecule has 2 aromatic rings. The van der Waals surface area contributed by atoms with Crippen molar-refractivity contribution in [1.29, 1.82) is 0 Å². The van der Waals surface area contributed by atoms with Crippen molar-refractivity contribution in [2.24, 2.45) is 0 Å². The van der Waals surface area contributed by atoms with Gasteiger partial charge in [-0.15, -0.1) is 0 Å². The average Bonchev–Trinajstić information content (AvgIpc) is 2.89. The summed E-state index contributed by atoms with van der Waals surface area (Å²) in [4.78, 5) is 16.0. The van der Waals surface area contributed by atoms with Gasteiger partial charge in [0.15, 0.2) is 0 Å². The SMILES string of the molecule is O=C(Cn1c(C(F)(F)F)nc2ccccc21)NC1CCCCCCC1. The van der Waals surface area contributed by atoms with Crippen LogP contribution in [0.15, 0.2) is 24.3 Å². The lowest BCUT2D eigenvalue weighted by Gasteiger charge is -2.21. The molecular weight excluding hydrogens is 331 g/mol. The predicted molar refractivity (Wildman–Crippen MR) is 89.0 cm³/mol. The van der Waals surface area contributed by atoms with Gasteiger partial charge in [0.1, 0.15) is 6.54 Å². The van der Waals surface area contributed by atoms with Gasteiger partial charge in [0.25, 0.3) is 0 Å². The fourth-order valence-corrected chi connectivity index (χ4v) is 3.47. The van der Waals surface area contributed by atoms with Gasteiger partial charge in [0.05, 0.1) is 11.0 Å². The third-order valence-electron chi connectivity index (χ3n) is 4.68. The fraction of sp³-hybridized carbons (Fsp3) is 0.556.